The standard InChI is InChI=1S/C14H27NO2S/c1-5-7-14(17,8-6-2)9-12-15-11(10-18-12)13(3,4)16/h11,16-17H,5-10H2,1-4H3/t11-/m0/s1. The molecule has 0 amide bonds. The Kier molecular flexibility index (Phi) is 5.68. The highest BCUT2D eigenvalue weighted by Crippen LogP contribution is 2.33. The van der Waals surface area contributed by atoms with Gasteiger partial charge in [-0.05, 0) is 26.7 Å². The lowest BCUT2D eigenvalue weighted by atomic mass is 9.89. The van der Waals surface area contributed by atoms with Gasteiger partial charge in [0.15, 0.2) is 0 Å². The van der Waals surface area contributed by atoms with Crippen LogP contribution in [0.1, 0.15) is 59.8 Å². The molecule has 4 heteroatoms. The van der Waals surface area contributed by atoms with Crippen molar-refractivity contribution < 1.29 is 10.2 Å². The van der Waals surface area contributed by atoms with Gasteiger partial charge in [0, 0.05) is 12.2 Å². The minimum atomic E-state index is -0.762. The summed E-state index contributed by atoms with van der Waals surface area (Å²) in [6.45, 7) is 7.80. The summed E-state index contributed by atoms with van der Waals surface area (Å²) in [7, 11) is 0. The molecule has 0 unspecified atom stereocenters. The number of thioether (sulfide) groups is 1. The normalized spacial score (nSPS) is 21.2. The van der Waals surface area contributed by atoms with Gasteiger partial charge in [-0.25, -0.2) is 0 Å². The Morgan fingerprint density at radius 1 is 1.22 bits per heavy atom. The zero-order chi connectivity index (χ0) is 13.8. The first-order chi connectivity index (χ1) is 8.30. The van der Waals surface area contributed by atoms with Crippen LogP contribution in [0.25, 0.3) is 0 Å². The summed E-state index contributed by atoms with van der Waals surface area (Å²) in [5.74, 6) is 0.827. The molecule has 1 atom stereocenters. The lowest BCUT2D eigenvalue weighted by Gasteiger charge is -2.27. The van der Waals surface area contributed by atoms with Crippen LogP contribution in [0.4, 0.5) is 0 Å². The molecule has 1 heterocycles. The second-order valence-corrected chi connectivity index (χ2v) is 7.00. The van der Waals surface area contributed by atoms with Gasteiger partial charge >= 0.3 is 0 Å². The number of hydrogen-bond donors (Lipinski definition) is 2. The van der Waals surface area contributed by atoms with E-state index in [1.807, 2.05) is 0 Å². The molecule has 3 nitrogen and oxygen atoms in total. The summed E-state index contributed by atoms with van der Waals surface area (Å²) in [5.41, 5.74) is -1.37. The Labute approximate surface area is 115 Å². The molecule has 0 fully saturated rings. The molecule has 1 aliphatic heterocycles. The van der Waals surface area contributed by atoms with Gasteiger partial charge in [-0.3, -0.25) is 4.99 Å². The highest BCUT2D eigenvalue weighted by Gasteiger charge is 2.34. The predicted molar refractivity (Wildman–Crippen MR) is 79.4 cm³/mol. The molecule has 0 spiro atoms. The maximum Gasteiger partial charge on any atom is 0.0884 e. The average Bonchev–Trinajstić information content (AvgIpc) is 2.65. The van der Waals surface area contributed by atoms with Gasteiger partial charge < -0.3 is 10.2 Å². The van der Waals surface area contributed by atoms with Crippen LogP contribution in [0.2, 0.25) is 0 Å². The van der Waals surface area contributed by atoms with Crippen LogP contribution in [0.15, 0.2) is 4.99 Å². The summed E-state index contributed by atoms with van der Waals surface area (Å²) in [6.07, 6.45) is 4.28. The van der Waals surface area contributed by atoms with Crippen molar-refractivity contribution in [3.63, 3.8) is 0 Å². The smallest absolute Gasteiger partial charge is 0.0884 e. The molecule has 18 heavy (non-hydrogen) atoms. The van der Waals surface area contributed by atoms with E-state index >= 15 is 0 Å². The largest absolute Gasteiger partial charge is 0.389 e. The van der Waals surface area contributed by atoms with E-state index in [0.29, 0.717) is 6.42 Å². The van der Waals surface area contributed by atoms with Crippen LogP contribution >= 0.6 is 11.8 Å². The Bertz CT molecular complexity index is 291. The van der Waals surface area contributed by atoms with Crippen molar-refractivity contribution in [2.75, 3.05) is 5.75 Å². The van der Waals surface area contributed by atoms with Gasteiger partial charge in [0.1, 0.15) is 0 Å². The summed E-state index contributed by atoms with van der Waals surface area (Å²) < 4.78 is 0. The molecular weight excluding hydrogens is 246 g/mol. The quantitative estimate of drug-likeness (QED) is 0.750. The number of aliphatic hydroxyl groups is 2. The fourth-order valence-electron chi connectivity index (χ4n) is 2.40. The molecule has 106 valence electrons. The molecule has 0 aromatic heterocycles. The van der Waals surface area contributed by atoms with E-state index in [0.717, 1.165) is 36.5 Å². The summed E-state index contributed by atoms with van der Waals surface area (Å²) in [4.78, 5) is 4.58. The molecule has 1 aliphatic rings. The molecule has 0 aromatic rings. The minimum Gasteiger partial charge on any atom is -0.389 e. The third-order valence-corrected chi connectivity index (χ3v) is 4.50. The van der Waals surface area contributed by atoms with E-state index in [9.17, 15) is 10.2 Å². The molecule has 2 N–H and O–H groups in total. The van der Waals surface area contributed by atoms with Gasteiger partial charge in [-0.15, -0.1) is 11.8 Å². The zero-order valence-electron chi connectivity index (χ0n) is 12.1. The van der Waals surface area contributed by atoms with Crippen molar-refractivity contribution in [1.29, 1.82) is 0 Å². The number of hydrogen-bond acceptors (Lipinski definition) is 4. The summed E-state index contributed by atoms with van der Waals surface area (Å²) in [6, 6.07) is -0.0370. The molecule has 0 radical (unpaired) electrons. The minimum absolute atomic E-state index is 0.0370. The maximum atomic E-state index is 10.6. The van der Waals surface area contributed by atoms with Crippen molar-refractivity contribution in [2.45, 2.75) is 77.0 Å². The monoisotopic (exact) mass is 273 g/mol. The lowest BCUT2D eigenvalue weighted by molar-refractivity contribution is 0.0286. The number of aliphatic imine (C=N–C) groups is 1. The van der Waals surface area contributed by atoms with Crippen molar-refractivity contribution in [1.82, 2.24) is 0 Å². The van der Waals surface area contributed by atoms with E-state index in [1.165, 1.54) is 0 Å². The Morgan fingerprint density at radius 2 is 1.78 bits per heavy atom. The SMILES string of the molecule is CCCC(O)(CCC)CC1=N[C@H](C(C)(C)O)CS1. The number of nitrogens with zero attached hydrogens (tertiary/aromatic N) is 1. The fourth-order valence-corrected chi connectivity index (χ4v) is 3.80. The third kappa shape index (κ3) is 4.56. The summed E-state index contributed by atoms with van der Waals surface area (Å²) in [5, 5.41) is 21.6. The highest BCUT2D eigenvalue weighted by atomic mass is 32.2. The molecule has 0 aromatic carbocycles. The van der Waals surface area contributed by atoms with Crippen LogP contribution in [-0.2, 0) is 0 Å². The van der Waals surface area contributed by atoms with Crippen LogP contribution in [-0.4, -0.2) is 38.3 Å². The highest BCUT2D eigenvalue weighted by molar-refractivity contribution is 8.14. The van der Waals surface area contributed by atoms with Gasteiger partial charge in [0.25, 0.3) is 0 Å². The van der Waals surface area contributed by atoms with E-state index < -0.39 is 11.2 Å². The predicted octanol–water partition coefficient (Wildman–Crippen LogP) is 2.99. The second kappa shape index (κ2) is 6.40. The molecule has 0 aliphatic carbocycles. The maximum absolute atomic E-state index is 10.6. The second-order valence-electron chi connectivity index (χ2n) is 5.90. The van der Waals surface area contributed by atoms with Crippen molar-refractivity contribution in [2.24, 2.45) is 4.99 Å². The van der Waals surface area contributed by atoms with Crippen molar-refractivity contribution >= 4 is 16.8 Å². The summed E-state index contributed by atoms with van der Waals surface area (Å²) >= 11 is 1.69. The Balaban J connectivity index is 2.66. The molecule has 0 bridgehead atoms. The molecule has 0 saturated carbocycles. The van der Waals surface area contributed by atoms with E-state index in [1.54, 1.807) is 25.6 Å². The van der Waals surface area contributed by atoms with E-state index in [4.69, 9.17) is 0 Å². The van der Waals surface area contributed by atoms with Crippen LogP contribution < -0.4 is 0 Å². The van der Waals surface area contributed by atoms with E-state index in [2.05, 4.69) is 18.8 Å². The van der Waals surface area contributed by atoms with Crippen molar-refractivity contribution in [3.8, 4) is 0 Å². The number of rotatable bonds is 7. The van der Waals surface area contributed by atoms with Crippen molar-refractivity contribution in [3.05, 3.63) is 0 Å². The first-order valence-electron chi connectivity index (χ1n) is 6.95. The van der Waals surface area contributed by atoms with Crippen LogP contribution in [0.3, 0.4) is 0 Å². The van der Waals surface area contributed by atoms with Gasteiger partial charge in [-0.2, -0.15) is 0 Å². The zero-order valence-corrected chi connectivity index (χ0v) is 12.9. The Hall–Kier alpha value is -0.0600. The third-order valence-electron chi connectivity index (χ3n) is 3.43. The average molecular weight is 273 g/mol. The lowest BCUT2D eigenvalue weighted by Crippen LogP contribution is -2.35. The first kappa shape index (κ1) is 16.0. The van der Waals surface area contributed by atoms with Gasteiger partial charge in [-0.1, -0.05) is 26.7 Å². The molecular formula is C14H27NO2S. The van der Waals surface area contributed by atoms with Crippen LogP contribution in [0, 0.1) is 0 Å². The van der Waals surface area contributed by atoms with E-state index in [-0.39, 0.29) is 6.04 Å². The first-order valence-corrected chi connectivity index (χ1v) is 7.93. The van der Waals surface area contributed by atoms with Gasteiger partial charge in [0.05, 0.1) is 22.3 Å². The Morgan fingerprint density at radius 3 is 2.17 bits per heavy atom. The fraction of sp³-hybridized carbons (Fsp3) is 0.929. The molecule has 0 saturated heterocycles. The van der Waals surface area contributed by atoms with Gasteiger partial charge in [0.2, 0.25) is 0 Å². The molecule has 1 rings (SSSR count). The van der Waals surface area contributed by atoms with Crippen LogP contribution in [0.5, 0.6) is 0 Å². The topological polar surface area (TPSA) is 52.8 Å².